The summed E-state index contributed by atoms with van der Waals surface area (Å²) in [6.07, 6.45) is 0. The van der Waals surface area contributed by atoms with Gasteiger partial charge in [-0.2, -0.15) is 5.10 Å². The van der Waals surface area contributed by atoms with Crippen LogP contribution < -0.4 is 9.64 Å². The number of aryl methyl sites for hydroxylation is 1. The molecule has 1 saturated heterocycles. The topological polar surface area (TPSA) is 36.8 Å². The summed E-state index contributed by atoms with van der Waals surface area (Å²) in [7, 11) is 3.88. The highest BCUT2D eigenvalue weighted by molar-refractivity contribution is 5.56. The average Bonchev–Trinajstić information content (AvgIpc) is 3.15. The van der Waals surface area contributed by atoms with Crippen molar-refractivity contribution in [2.75, 3.05) is 51.8 Å². The molecule has 2 heterocycles. The number of hydrogen-bond acceptors (Lipinski definition) is 5. The second kappa shape index (κ2) is 10.4. The van der Waals surface area contributed by atoms with E-state index in [4.69, 9.17) is 9.84 Å². The number of para-hydroxylation sites is 1. The third-order valence-corrected chi connectivity index (χ3v) is 6.45. The lowest BCUT2D eigenvalue weighted by Crippen LogP contribution is -2.45. The molecule has 0 N–H and O–H groups in total. The third kappa shape index (κ3) is 5.20. The van der Waals surface area contributed by atoms with Crippen molar-refractivity contribution in [2.45, 2.75) is 26.9 Å². The first-order valence-electron chi connectivity index (χ1n) is 11.6. The molecule has 7 heteroatoms. The molecule has 1 aliphatic rings. The van der Waals surface area contributed by atoms with Gasteiger partial charge in [-0.25, -0.2) is 9.07 Å². The Kier molecular flexibility index (Phi) is 7.30. The minimum Gasteiger partial charge on any atom is -0.496 e. The smallest absolute Gasteiger partial charge is 0.137 e. The van der Waals surface area contributed by atoms with Gasteiger partial charge in [0.25, 0.3) is 0 Å². The first-order valence-corrected chi connectivity index (χ1v) is 11.6. The number of methoxy groups -OCH3 is 1. The lowest BCUT2D eigenvalue weighted by molar-refractivity contribution is 0.265. The molecule has 0 amide bonds. The van der Waals surface area contributed by atoms with Gasteiger partial charge in [-0.15, -0.1) is 0 Å². The summed E-state index contributed by atoms with van der Waals surface area (Å²) in [6.45, 7) is 10.6. The van der Waals surface area contributed by atoms with Gasteiger partial charge >= 0.3 is 0 Å². The maximum absolute atomic E-state index is 13.6. The van der Waals surface area contributed by atoms with Gasteiger partial charge in [-0.1, -0.05) is 25.1 Å². The van der Waals surface area contributed by atoms with E-state index < -0.39 is 0 Å². The molecule has 0 radical (unpaired) electrons. The number of aromatic nitrogens is 2. The first-order chi connectivity index (χ1) is 16.0. The standard InChI is InChI=1S/C26H34FN5O/c1-5-30(18-21-8-6-7-9-25(21)33-4)19-24-20(2)28-32(23-12-10-22(27)11-13-23)26(24)31-16-14-29(3)15-17-31/h6-13H,5,14-19H2,1-4H3. The number of rotatable bonds is 8. The van der Waals surface area contributed by atoms with E-state index in [1.54, 1.807) is 19.2 Å². The number of likely N-dealkylation sites (N-methyl/N-ethyl adjacent to an activating group) is 1. The number of halogens is 1. The molecule has 0 saturated carbocycles. The zero-order valence-corrected chi connectivity index (χ0v) is 20.1. The summed E-state index contributed by atoms with van der Waals surface area (Å²) < 4.78 is 21.2. The summed E-state index contributed by atoms with van der Waals surface area (Å²) in [5.41, 5.74) is 4.28. The Morgan fingerprint density at radius 3 is 2.36 bits per heavy atom. The maximum atomic E-state index is 13.6. The first kappa shape index (κ1) is 23.3. The fourth-order valence-corrected chi connectivity index (χ4v) is 4.42. The Balaban J connectivity index is 1.69. The Morgan fingerprint density at radius 1 is 1.00 bits per heavy atom. The highest BCUT2D eigenvalue weighted by Crippen LogP contribution is 2.30. The van der Waals surface area contributed by atoms with Crippen molar-refractivity contribution < 1.29 is 9.13 Å². The van der Waals surface area contributed by atoms with Gasteiger partial charge in [0.1, 0.15) is 17.4 Å². The van der Waals surface area contributed by atoms with E-state index in [1.165, 1.54) is 23.3 Å². The van der Waals surface area contributed by atoms with Crippen LogP contribution in [0.3, 0.4) is 0 Å². The van der Waals surface area contributed by atoms with Gasteiger partial charge in [0.05, 0.1) is 18.5 Å². The zero-order valence-electron chi connectivity index (χ0n) is 20.1. The molecular weight excluding hydrogens is 417 g/mol. The number of ether oxygens (including phenoxy) is 1. The number of hydrogen-bond donors (Lipinski definition) is 0. The molecule has 0 spiro atoms. The second-order valence-electron chi connectivity index (χ2n) is 8.68. The van der Waals surface area contributed by atoms with Crippen LogP contribution in [0, 0.1) is 12.7 Å². The van der Waals surface area contributed by atoms with Gasteiger partial charge in [0, 0.05) is 50.4 Å². The largest absolute Gasteiger partial charge is 0.496 e. The highest BCUT2D eigenvalue weighted by atomic mass is 19.1. The molecule has 3 aromatic rings. The van der Waals surface area contributed by atoms with Crippen LogP contribution in [0.1, 0.15) is 23.7 Å². The maximum Gasteiger partial charge on any atom is 0.137 e. The summed E-state index contributed by atoms with van der Waals surface area (Å²) in [5.74, 6) is 1.79. The molecule has 6 nitrogen and oxygen atoms in total. The van der Waals surface area contributed by atoms with Crippen molar-refractivity contribution in [3.8, 4) is 11.4 Å². The van der Waals surface area contributed by atoms with Crippen LogP contribution in [-0.4, -0.2) is 66.5 Å². The number of anilines is 1. The molecule has 1 fully saturated rings. The molecular formula is C26H34FN5O. The third-order valence-electron chi connectivity index (χ3n) is 6.45. The van der Waals surface area contributed by atoms with Crippen LogP contribution in [0.2, 0.25) is 0 Å². The van der Waals surface area contributed by atoms with E-state index in [9.17, 15) is 4.39 Å². The van der Waals surface area contributed by atoms with Crippen molar-refractivity contribution in [3.05, 3.63) is 71.2 Å². The van der Waals surface area contributed by atoms with E-state index in [1.807, 2.05) is 16.8 Å². The lowest BCUT2D eigenvalue weighted by atomic mass is 10.1. The average molecular weight is 452 g/mol. The normalized spacial score (nSPS) is 14.8. The van der Waals surface area contributed by atoms with Crippen LogP contribution in [-0.2, 0) is 13.1 Å². The molecule has 1 aliphatic heterocycles. The number of piperazine rings is 1. The lowest BCUT2D eigenvalue weighted by Gasteiger charge is -2.35. The number of benzene rings is 2. The minimum absolute atomic E-state index is 0.238. The van der Waals surface area contributed by atoms with Crippen LogP contribution in [0.5, 0.6) is 5.75 Å². The molecule has 2 aromatic carbocycles. The molecule has 0 unspecified atom stereocenters. The van der Waals surface area contributed by atoms with Gasteiger partial charge in [-0.3, -0.25) is 4.90 Å². The molecule has 0 bridgehead atoms. The summed E-state index contributed by atoms with van der Waals surface area (Å²) in [5, 5.41) is 4.92. The van der Waals surface area contributed by atoms with Crippen LogP contribution in [0.4, 0.5) is 10.2 Å². The summed E-state index contributed by atoms with van der Waals surface area (Å²) in [6, 6.07) is 14.8. The van der Waals surface area contributed by atoms with E-state index in [2.05, 4.69) is 47.7 Å². The van der Waals surface area contributed by atoms with Crippen molar-refractivity contribution in [2.24, 2.45) is 0 Å². The van der Waals surface area contributed by atoms with Crippen LogP contribution in [0.15, 0.2) is 48.5 Å². The molecule has 33 heavy (non-hydrogen) atoms. The fourth-order valence-electron chi connectivity index (χ4n) is 4.42. The molecule has 4 rings (SSSR count). The van der Waals surface area contributed by atoms with Gasteiger partial charge in [-0.05, 0) is 50.8 Å². The Hall–Kier alpha value is -2.90. The van der Waals surface area contributed by atoms with Gasteiger partial charge in [0.2, 0.25) is 0 Å². The summed E-state index contributed by atoms with van der Waals surface area (Å²) in [4.78, 5) is 7.19. The zero-order chi connectivity index (χ0) is 23.4. The Morgan fingerprint density at radius 2 is 1.70 bits per heavy atom. The SMILES string of the molecule is CCN(Cc1ccccc1OC)Cc1c(C)nn(-c2ccc(F)cc2)c1N1CCN(C)CC1. The quantitative estimate of drug-likeness (QED) is 0.515. The monoisotopic (exact) mass is 451 g/mol. The Bertz CT molecular complexity index is 1060. The van der Waals surface area contributed by atoms with Crippen molar-refractivity contribution in [3.63, 3.8) is 0 Å². The predicted molar refractivity (Wildman–Crippen MR) is 131 cm³/mol. The predicted octanol–water partition coefficient (Wildman–Crippen LogP) is 4.10. The number of nitrogens with zero attached hydrogens (tertiary/aromatic N) is 5. The molecule has 176 valence electrons. The Labute approximate surface area is 196 Å². The van der Waals surface area contributed by atoms with Crippen molar-refractivity contribution in [1.29, 1.82) is 0 Å². The molecule has 0 atom stereocenters. The van der Waals surface area contributed by atoms with Crippen molar-refractivity contribution >= 4 is 5.82 Å². The second-order valence-corrected chi connectivity index (χ2v) is 8.68. The van der Waals surface area contributed by atoms with Crippen molar-refractivity contribution in [1.82, 2.24) is 19.6 Å². The van der Waals surface area contributed by atoms with Gasteiger partial charge < -0.3 is 14.5 Å². The van der Waals surface area contributed by atoms with E-state index in [0.717, 1.165) is 68.8 Å². The minimum atomic E-state index is -0.238. The van der Waals surface area contributed by atoms with E-state index in [0.29, 0.717) is 0 Å². The fraction of sp³-hybridized carbons (Fsp3) is 0.423. The molecule has 0 aliphatic carbocycles. The van der Waals surface area contributed by atoms with Crippen LogP contribution in [0.25, 0.3) is 5.69 Å². The van der Waals surface area contributed by atoms with Gasteiger partial charge in [0.15, 0.2) is 0 Å². The van der Waals surface area contributed by atoms with Crippen LogP contribution >= 0.6 is 0 Å². The van der Waals surface area contributed by atoms with E-state index >= 15 is 0 Å². The van der Waals surface area contributed by atoms with E-state index in [-0.39, 0.29) is 5.82 Å². The molecule has 1 aromatic heterocycles. The highest BCUT2D eigenvalue weighted by Gasteiger charge is 2.26. The summed E-state index contributed by atoms with van der Waals surface area (Å²) >= 11 is 0.